The van der Waals surface area contributed by atoms with Crippen LogP contribution in [0.15, 0.2) is 54.6 Å². The van der Waals surface area contributed by atoms with Crippen molar-refractivity contribution in [2.45, 2.75) is 39.8 Å². The molecule has 1 aromatic heterocycles. The summed E-state index contributed by atoms with van der Waals surface area (Å²) >= 11 is 1.25. The van der Waals surface area contributed by atoms with Crippen molar-refractivity contribution in [3.63, 3.8) is 0 Å². The largest absolute Gasteiger partial charge is 0.462 e. The maximum absolute atomic E-state index is 13.9. The maximum atomic E-state index is 13.9. The Kier molecular flexibility index (Phi) is 5.94. The summed E-state index contributed by atoms with van der Waals surface area (Å²) in [7, 11) is 0. The number of hydrogen-bond donors (Lipinski definition) is 0. The number of amides is 2. The van der Waals surface area contributed by atoms with Crippen molar-refractivity contribution in [2.75, 3.05) is 16.6 Å². The number of fused-ring (bicyclic) bond motifs is 1. The van der Waals surface area contributed by atoms with E-state index in [1.54, 1.807) is 18.9 Å². The Morgan fingerprint density at radius 3 is 2.34 bits per heavy atom. The van der Waals surface area contributed by atoms with Crippen LogP contribution in [0.4, 0.5) is 10.7 Å². The number of carbonyl (C=O) groups is 3. The lowest BCUT2D eigenvalue weighted by Crippen LogP contribution is -2.37. The van der Waals surface area contributed by atoms with Crippen LogP contribution in [0.5, 0.6) is 0 Å². The first kappa shape index (κ1) is 23.3. The number of anilines is 2. The highest BCUT2D eigenvalue weighted by Crippen LogP contribution is 2.49. The molecule has 0 bridgehead atoms. The van der Waals surface area contributed by atoms with Gasteiger partial charge in [0.2, 0.25) is 5.91 Å². The van der Waals surface area contributed by atoms with Gasteiger partial charge in [0.1, 0.15) is 10.9 Å². The van der Waals surface area contributed by atoms with Crippen LogP contribution in [0.25, 0.3) is 0 Å². The predicted octanol–water partition coefficient (Wildman–Crippen LogP) is 4.90. The molecule has 7 nitrogen and oxygen atoms in total. The topological polar surface area (TPSA) is 76.2 Å². The normalized spacial score (nSPS) is 21.5. The van der Waals surface area contributed by atoms with Crippen molar-refractivity contribution in [1.29, 1.82) is 0 Å². The Labute approximate surface area is 207 Å². The van der Waals surface area contributed by atoms with E-state index in [0.29, 0.717) is 10.6 Å². The minimum atomic E-state index is -0.994. The van der Waals surface area contributed by atoms with Crippen LogP contribution in [0.2, 0.25) is 0 Å². The maximum Gasteiger partial charge on any atom is 0.341 e. The number of carbonyl (C=O) groups excluding carboxylic acids is 3. The van der Waals surface area contributed by atoms with E-state index in [0.717, 1.165) is 26.6 Å². The molecule has 0 unspecified atom stereocenters. The van der Waals surface area contributed by atoms with Gasteiger partial charge in [-0.05, 0) is 51.0 Å². The molecule has 180 valence electrons. The van der Waals surface area contributed by atoms with Gasteiger partial charge in [-0.15, -0.1) is 11.3 Å². The molecule has 2 aliphatic rings. The molecule has 2 saturated heterocycles. The van der Waals surface area contributed by atoms with Gasteiger partial charge in [0.25, 0.3) is 5.91 Å². The summed E-state index contributed by atoms with van der Waals surface area (Å²) in [6.07, 6.45) is -0.994. The van der Waals surface area contributed by atoms with Crippen molar-refractivity contribution in [2.24, 2.45) is 5.92 Å². The van der Waals surface area contributed by atoms with Crippen LogP contribution in [0, 0.1) is 26.7 Å². The number of nitrogens with zero attached hydrogens (tertiary/aromatic N) is 2. The Balaban J connectivity index is 1.59. The van der Waals surface area contributed by atoms with Crippen molar-refractivity contribution in [1.82, 2.24) is 0 Å². The fourth-order valence-corrected chi connectivity index (χ4v) is 5.88. The number of ether oxygens (including phenoxy) is 1. The number of para-hydroxylation sites is 1. The fourth-order valence-electron chi connectivity index (χ4n) is 4.73. The van der Waals surface area contributed by atoms with Crippen molar-refractivity contribution >= 4 is 39.8 Å². The van der Waals surface area contributed by atoms with E-state index in [2.05, 4.69) is 0 Å². The zero-order valence-electron chi connectivity index (χ0n) is 20.0. The van der Waals surface area contributed by atoms with Gasteiger partial charge < -0.3 is 4.74 Å². The summed E-state index contributed by atoms with van der Waals surface area (Å²) < 4.78 is 5.24. The number of esters is 1. The molecule has 35 heavy (non-hydrogen) atoms. The van der Waals surface area contributed by atoms with Gasteiger partial charge in [-0.2, -0.15) is 0 Å². The van der Waals surface area contributed by atoms with Gasteiger partial charge in [-0.25, -0.2) is 14.8 Å². The molecule has 3 atom stereocenters. The second-order valence-corrected chi connectivity index (χ2v) is 9.97. The lowest BCUT2D eigenvalue weighted by atomic mass is 9.90. The Morgan fingerprint density at radius 1 is 1.00 bits per heavy atom. The number of hydroxylamine groups is 1. The number of hydrogen-bond acceptors (Lipinski definition) is 7. The van der Waals surface area contributed by atoms with E-state index in [9.17, 15) is 14.4 Å². The van der Waals surface area contributed by atoms with Crippen LogP contribution in [0.1, 0.15) is 44.9 Å². The molecule has 0 aliphatic carbocycles. The number of aryl methyl sites for hydroxylation is 2. The zero-order valence-corrected chi connectivity index (χ0v) is 20.8. The Morgan fingerprint density at radius 2 is 1.69 bits per heavy atom. The van der Waals surface area contributed by atoms with Crippen molar-refractivity contribution in [3.8, 4) is 0 Å². The van der Waals surface area contributed by atoms with Crippen molar-refractivity contribution < 1.29 is 24.0 Å². The Hall–Kier alpha value is -3.49. The molecule has 2 fully saturated rings. The summed E-state index contributed by atoms with van der Waals surface area (Å²) in [5.41, 5.74) is 3.70. The highest BCUT2D eigenvalue weighted by Gasteiger charge is 2.61. The van der Waals surface area contributed by atoms with E-state index < -0.39 is 29.9 Å². The third-order valence-electron chi connectivity index (χ3n) is 6.59. The molecule has 5 rings (SSSR count). The van der Waals surface area contributed by atoms with E-state index in [1.165, 1.54) is 11.3 Å². The molecule has 3 heterocycles. The first-order valence-electron chi connectivity index (χ1n) is 11.6. The number of benzene rings is 2. The molecule has 0 radical (unpaired) electrons. The van der Waals surface area contributed by atoms with E-state index in [4.69, 9.17) is 9.57 Å². The molecule has 3 aromatic rings. The second-order valence-electron chi connectivity index (χ2n) is 8.76. The summed E-state index contributed by atoms with van der Waals surface area (Å²) in [6, 6.07) is 16.8. The molecule has 2 aromatic carbocycles. The molecule has 2 aliphatic heterocycles. The third kappa shape index (κ3) is 3.73. The van der Waals surface area contributed by atoms with E-state index in [1.807, 2.05) is 68.4 Å². The SMILES string of the molecule is CCOC(=O)c1c(N2C(=O)[C@@H]3[C@@H](ON(c4ccccc4)[C@H]3c3ccc(C)cc3)C2=O)sc(C)c1C. The molecule has 0 spiro atoms. The minimum Gasteiger partial charge on any atom is -0.462 e. The zero-order chi connectivity index (χ0) is 24.9. The average Bonchev–Trinajstić information content (AvgIpc) is 3.45. The fraction of sp³-hybridized carbons (Fsp3) is 0.296. The predicted molar refractivity (Wildman–Crippen MR) is 133 cm³/mol. The van der Waals surface area contributed by atoms with Gasteiger partial charge in [0.15, 0.2) is 6.10 Å². The summed E-state index contributed by atoms with van der Waals surface area (Å²) in [5, 5.41) is 1.98. The van der Waals surface area contributed by atoms with E-state index in [-0.39, 0.29) is 18.1 Å². The number of imide groups is 1. The van der Waals surface area contributed by atoms with Crippen molar-refractivity contribution in [3.05, 3.63) is 81.7 Å². The lowest BCUT2D eigenvalue weighted by molar-refractivity contribution is -0.126. The quantitative estimate of drug-likeness (QED) is 0.374. The highest BCUT2D eigenvalue weighted by atomic mass is 32.1. The highest BCUT2D eigenvalue weighted by molar-refractivity contribution is 7.17. The average molecular weight is 491 g/mol. The van der Waals surface area contributed by atoms with E-state index >= 15 is 0 Å². The smallest absolute Gasteiger partial charge is 0.341 e. The van der Waals surface area contributed by atoms with Crippen LogP contribution in [0.3, 0.4) is 0 Å². The van der Waals surface area contributed by atoms with Crippen LogP contribution >= 0.6 is 11.3 Å². The molecule has 8 heteroatoms. The lowest BCUT2D eigenvalue weighted by Gasteiger charge is -2.28. The standard InChI is InChI=1S/C27H26N2O5S/c1-5-33-27(32)20-16(3)17(4)35-26(20)28-24(30)21-22(18-13-11-15(2)12-14-18)29(34-23(21)25(28)31)19-9-7-6-8-10-19/h6-14,21-23H,5H2,1-4H3/t21-,22-,23+/m0/s1. The monoisotopic (exact) mass is 490 g/mol. The minimum absolute atomic E-state index is 0.199. The molecular formula is C27H26N2O5S. The van der Waals surface area contributed by atoms with Gasteiger partial charge in [0.05, 0.1) is 23.9 Å². The van der Waals surface area contributed by atoms with Gasteiger partial charge in [-0.1, -0.05) is 48.0 Å². The summed E-state index contributed by atoms with van der Waals surface area (Å²) in [5.74, 6) is -2.15. The molecule has 0 saturated carbocycles. The van der Waals surface area contributed by atoms with Crippen LogP contribution in [-0.2, 0) is 19.2 Å². The Bertz CT molecular complexity index is 1300. The van der Waals surface area contributed by atoms with Crippen LogP contribution in [-0.4, -0.2) is 30.5 Å². The first-order valence-corrected chi connectivity index (χ1v) is 12.4. The van der Waals surface area contributed by atoms with Gasteiger partial charge in [-0.3, -0.25) is 14.4 Å². The number of rotatable bonds is 5. The van der Waals surface area contributed by atoms with Crippen LogP contribution < -0.4 is 9.96 Å². The van der Waals surface area contributed by atoms with Gasteiger partial charge in [0, 0.05) is 4.88 Å². The third-order valence-corrected chi connectivity index (χ3v) is 7.79. The summed E-state index contributed by atoms with van der Waals surface area (Å²) in [6.45, 7) is 7.58. The second kappa shape index (κ2) is 8.94. The summed E-state index contributed by atoms with van der Waals surface area (Å²) in [4.78, 5) is 48.5. The first-order chi connectivity index (χ1) is 16.8. The number of thiophene rings is 1. The molecule has 2 amide bonds. The van der Waals surface area contributed by atoms with Gasteiger partial charge >= 0.3 is 5.97 Å². The molecular weight excluding hydrogens is 464 g/mol. The molecule has 0 N–H and O–H groups in total.